The van der Waals surface area contributed by atoms with Gasteiger partial charge in [-0.25, -0.2) is 9.97 Å². The van der Waals surface area contributed by atoms with Gasteiger partial charge >= 0.3 is 0 Å². The number of nitrogens with one attached hydrogen (secondary N) is 1. The molecule has 2 heterocycles. The number of anilines is 1. The topological polar surface area (TPSA) is 51.0 Å². The summed E-state index contributed by atoms with van der Waals surface area (Å²) in [5.41, 5.74) is 0. The van der Waals surface area contributed by atoms with E-state index in [0.717, 1.165) is 28.1 Å². The Morgan fingerprint density at radius 3 is 2.88 bits per heavy atom. The Balaban J connectivity index is 2.30. The van der Waals surface area contributed by atoms with E-state index in [1.807, 2.05) is 19.1 Å². The Morgan fingerprint density at radius 2 is 2.24 bits per heavy atom. The fraction of sp³-hybridized carbons (Fsp3) is 0.333. The second-order valence-corrected chi connectivity index (χ2v) is 4.89. The van der Waals surface area contributed by atoms with Gasteiger partial charge in [0.05, 0.1) is 3.57 Å². The van der Waals surface area contributed by atoms with Crippen molar-refractivity contribution in [3.8, 4) is 11.6 Å². The third-order valence-corrected chi connectivity index (χ3v) is 3.04. The van der Waals surface area contributed by atoms with Crippen LogP contribution in [0.4, 0.5) is 5.82 Å². The maximum Gasteiger partial charge on any atom is 0.197 e. The highest BCUT2D eigenvalue weighted by molar-refractivity contribution is 14.1. The van der Waals surface area contributed by atoms with Crippen LogP contribution < -0.4 is 5.32 Å². The van der Waals surface area contributed by atoms with Crippen LogP contribution in [0.1, 0.15) is 19.1 Å². The second-order valence-electron chi connectivity index (χ2n) is 3.73. The van der Waals surface area contributed by atoms with Gasteiger partial charge < -0.3 is 9.73 Å². The number of aromatic nitrogens is 2. The monoisotopic (exact) mass is 343 g/mol. The highest BCUT2D eigenvalue weighted by atomic mass is 127. The van der Waals surface area contributed by atoms with Gasteiger partial charge in [0.2, 0.25) is 0 Å². The molecule has 0 atom stereocenters. The maximum atomic E-state index is 5.51. The molecule has 0 aliphatic carbocycles. The Kier molecular flexibility index (Phi) is 3.98. The number of hydrogen-bond donors (Lipinski definition) is 1. The average molecular weight is 343 g/mol. The van der Waals surface area contributed by atoms with Gasteiger partial charge in [-0.1, -0.05) is 6.92 Å². The largest absolute Gasteiger partial charge is 0.458 e. The van der Waals surface area contributed by atoms with E-state index in [-0.39, 0.29) is 0 Å². The lowest BCUT2D eigenvalue weighted by atomic mass is 10.4. The lowest BCUT2D eigenvalue weighted by molar-refractivity contribution is 0.544. The van der Waals surface area contributed by atoms with Gasteiger partial charge in [-0.2, -0.15) is 0 Å². The molecule has 5 heteroatoms. The summed E-state index contributed by atoms with van der Waals surface area (Å²) >= 11 is 2.22. The van der Waals surface area contributed by atoms with Crippen molar-refractivity contribution in [3.05, 3.63) is 27.7 Å². The van der Waals surface area contributed by atoms with Crippen LogP contribution in [-0.2, 0) is 0 Å². The van der Waals surface area contributed by atoms with Crippen LogP contribution in [0.25, 0.3) is 11.6 Å². The molecule has 2 aromatic heterocycles. The summed E-state index contributed by atoms with van der Waals surface area (Å²) in [6.45, 7) is 4.94. The van der Waals surface area contributed by atoms with Crippen molar-refractivity contribution in [2.24, 2.45) is 0 Å². The summed E-state index contributed by atoms with van der Waals surface area (Å²) in [6.07, 6.45) is 2.87. The summed E-state index contributed by atoms with van der Waals surface area (Å²) in [5, 5.41) is 3.28. The fourth-order valence-corrected chi connectivity index (χ4v) is 1.86. The van der Waals surface area contributed by atoms with Crippen LogP contribution in [0.2, 0.25) is 0 Å². The van der Waals surface area contributed by atoms with E-state index in [4.69, 9.17) is 4.42 Å². The van der Waals surface area contributed by atoms with Crippen molar-refractivity contribution in [2.75, 3.05) is 11.9 Å². The van der Waals surface area contributed by atoms with Crippen LogP contribution in [-0.4, -0.2) is 16.5 Å². The summed E-state index contributed by atoms with van der Waals surface area (Å²) < 4.78 is 6.53. The molecule has 0 unspecified atom stereocenters. The molecule has 0 amide bonds. The number of furan rings is 1. The molecule has 0 saturated heterocycles. The molecule has 0 saturated carbocycles. The second kappa shape index (κ2) is 5.48. The van der Waals surface area contributed by atoms with Crippen LogP contribution in [0.15, 0.2) is 22.7 Å². The van der Waals surface area contributed by atoms with Gasteiger partial charge in [0, 0.05) is 12.7 Å². The van der Waals surface area contributed by atoms with Gasteiger partial charge in [0.25, 0.3) is 0 Å². The first-order valence-electron chi connectivity index (χ1n) is 5.54. The van der Waals surface area contributed by atoms with Crippen LogP contribution in [0, 0.1) is 10.5 Å². The predicted molar refractivity (Wildman–Crippen MR) is 76.0 cm³/mol. The van der Waals surface area contributed by atoms with Crippen LogP contribution in [0.3, 0.4) is 0 Å². The Morgan fingerprint density at radius 1 is 1.41 bits per heavy atom. The van der Waals surface area contributed by atoms with E-state index in [9.17, 15) is 0 Å². The van der Waals surface area contributed by atoms with Crippen molar-refractivity contribution in [2.45, 2.75) is 20.3 Å². The number of rotatable bonds is 4. The highest BCUT2D eigenvalue weighted by Crippen LogP contribution is 2.22. The molecular weight excluding hydrogens is 329 g/mol. The minimum Gasteiger partial charge on any atom is -0.458 e. The third-order valence-electron chi connectivity index (χ3n) is 2.25. The summed E-state index contributed by atoms with van der Waals surface area (Å²) in [5.74, 6) is 3.06. The lowest BCUT2D eigenvalue weighted by Gasteiger charge is -2.06. The Labute approximate surface area is 114 Å². The first-order valence-corrected chi connectivity index (χ1v) is 6.62. The van der Waals surface area contributed by atoms with Crippen LogP contribution in [0.5, 0.6) is 0 Å². The third kappa shape index (κ3) is 2.96. The number of aryl methyl sites for hydroxylation is 1. The van der Waals surface area contributed by atoms with Crippen molar-refractivity contribution in [3.63, 3.8) is 0 Å². The molecule has 90 valence electrons. The molecule has 2 aromatic rings. The van der Waals surface area contributed by atoms with E-state index in [0.29, 0.717) is 11.6 Å². The zero-order valence-electron chi connectivity index (χ0n) is 9.83. The lowest BCUT2D eigenvalue weighted by Crippen LogP contribution is -2.05. The number of nitrogens with zero attached hydrogens (tertiary/aromatic N) is 2. The molecule has 0 radical (unpaired) electrons. The summed E-state index contributed by atoms with van der Waals surface area (Å²) in [7, 11) is 0. The van der Waals surface area contributed by atoms with Crippen molar-refractivity contribution in [1.29, 1.82) is 0 Å². The zero-order valence-corrected chi connectivity index (χ0v) is 12.0. The quantitative estimate of drug-likeness (QED) is 0.864. The molecule has 0 aliphatic rings. The van der Waals surface area contributed by atoms with Crippen LogP contribution >= 0.6 is 22.6 Å². The van der Waals surface area contributed by atoms with E-state index >= 15 is 0 Å². The molecule has 0 aromatic carbocycles. The molecular formula is C12H14IN3O. The summed E-state index contributed by atoms with van der Waals surface area (Å²) in [4.78, 5) is 8.75. The Hall–Kier alpha value is -1.11. The molecule has 1 N–H and O–H groups in total. The van der Waals surface area contributed by atoms with E-state index in [2.05, 4.69) is 44.8 Å². The minimum absolute atomic E-state index is 0.622. The zero-order chi connectivity index (χ0) is 12.3. The predicted octanol–water partition coefficient (Wildman–Crippen LogP) is 3.47. The number of hydrogen-bond acceptors (Lipinski definition) is 4. The van der Waals surface area contributed by atoms with E-state index in [1.165, 1.54) is 0 Å². The minimum atomic E-state index is 0.622. The van der Waals surface area contributed by atoms with E-state index in [1.54, 1.807) is 6.20 Å². The molecule has 0 spiro atoms. The van der Waals surface area contributed by atoms with E-state index < -0.39 is 0 Å². The van der Waals surface area contributed by atoms with Gasteiger partial charge in [-0.15, -0.1) is 0 Å². The molecule has 0 aliphatic heterocycles. The van der Waals surface area contributed by atoms with Gasteiger partial charge in [0.1, 0.15) is 11.6 Å². The summed E-state index contributed by atoms with van der Waals surface area (Å²) in [6, 6.07) is 3.80. The van der Waals surface area contributed by atoms with Crippen molar-refractivity contribution >= 4 is 28.4 Å². The van der Waals surface area contributed by atoms with Gasteiger partial charge in [0.15, 0.2) is 11.6 Å². The smallest absolute Gasteiger partial charge is 0.197 e. The van der Waals surface area contributed by atoms with Crippen molar-refractivity contribution < 1.29 is 4.42 Å². The molecule has 4 nitrogen and oxygen atoms in total. The number of halogens is 1. The SMILES string of the molecule is CCCNc1nc(-c2ccc(C)o2)ncc1I. The molecule has 2 rings (SSSR count). The van der Waals surface area contributed by atoms with Gasteiger partial charge in [-0.3, -0.25) is 0 Å². The first kappa shape index (κ1) is 12.3. The first-order chi connectivity index (χ1) is 8.20. The molecule has 0 fully saturated rings. The average Bonchev–Trinajstić information content (AvgIpc) is 2.75. The maximum absolute atomic E-state index is 5.51. The fourth-order valence-electron chi connectivity index (χ4n) is 1.41. The van der Waals surface area contributed by atoms with Crippen molar-refractivity contribution in [1.82, 2.24) is 9.97 Å². The normalized spacial score (nSPS) is 10.5. The highest BCUT2D eigenvalue weighted by Gasteiger charge is 2.09. The van der Waals surface area contributed by atoms with Gasteiger partial charge in [-0.05, 0) is 48.1 Å². The molecule has 17 heavy (non-hydrogen) atoms. The molecule has 0 bridgehead atoms. The standard InChI is InChI=1S/C12H14IN3O/c1-3-6-14-11-9(13)7-15-12(16-11)10-5-4-8(2)17-10/h4-5,7H,3,6H2,1-2H3,(H,14,15,16). The Bertz CT molecular complexity index is 510.